The molecule has 1 aliphatic carbocycles. The van der Waals surface area contributed by atoms with Gasteiger partial charge in [-0.25, -0.2) is 0 Å². The van der Waals surface area contributed by atoms with Crippen LogP contribution in [0.15, 0.2) is 0 Å². The molecule has 1 saturated heterocycles. The Kier molecular flexibility index (Phi) is 4.33. The summed E-state index contributed by atoms with van der Waals surface area (Å²) < 4.78 is 5.29. The standard InChI is InChI=1S/C13H21NO3S/c1-10(15)18-11-6-12(16)14(7-11)8-13(9-17-2)4-3-5-13/h11H,3-9H2,1-2H3. The highest BCUT2D eigenvalue weighted by molar-refractivity contribution is 8.14. The molecule has 0 N–H and O–H groups in total. The van der Waals surface area contributed by atoms with Crippen LogP contribution < -0.4 is 0 Å². The smallest absolute Gasteiger partial charge is 0.223 e. The lowest BCUT2D eigenvalue weighted by Gasteiger charge is -2.43. The molecule has 0 aromatic rings. The van der Waals surface area contributed by atoms with Crippen LogP contribution in [0.4, 0.5) is 0 Å². The number of ether oxygens (including phenoxy) is 1. The predicted octanol–water partition coefficient (Wildman–Crippen LogP) is 1.68. The third-order valence-corrected chi connectivity index (χ3v) is 4.88. The molecule has 0 radical (unpaired) electrons. The largest absolute Gasteiger partial charge is 0.384 e. The molecule has 0 spiro atoms. The summed E-state index contributed by atoms with van der Waals surface area (Å²) in [4.78, 5) is 25.0. The van der Waals surface area contributed by atoms with Gasteiger partial charge in [0.25, 0.3) is 0 Å². The number of thioether (sulfide) groups is 1. The molecule has 0 aromatic carbocycles. The zero-order valence-electron chi connectivity index (χ0n) is 11.1. The van der Waals surface area contributed by atoms with E-state index in [-0.39, 0.29) is 21.7 Å². The molecule has 2 rings (SSSR count). The summed E-state index contributed by atoms with van der Waals surface area (Å²) in [6.45, 7) is 3.82. The minimum Gasteiger partial charge on any atom is -0.384 e. The van der Waals surface area contributed by atoms with Gasteiger partial charge in [-0.15, -0.1) is 0 Å². The SMILES string of the molecule is COCC1(CN2CC(SC(C)=O)CC2=O)CCC1. The fourth-order valence-corrected chi connectivity index (χ4v) is 3.89. The van der Waals surface area contributed by atoms with Crippen molar-refractivity contribution in [1.29, 1.82) is 0 Å². The van der Waals surface area contributed by atoms with Gasteiger partial charge in [0, 0.05) is 44.2 Å². The summed E-state index contributed by atoms with van der Waals surface area (Å²) >= 11 is 1.30. The van der Waals surface area contributed by atoms with Crippen LogP contribution in [0.5, 0.6) is 0 Å². The molecule has 1 unspecified atom stereocenters. The molecule has 2 aliphatic rings. The van der Waals surface area contributed by atoms with E-state index in [2.05, 4.69) is 0 Å². The Balaban J connectivity index is 1.89. The molecule has 102 valence electrons. The summed E-state index contributed by atoms with van der Waals surface area (Å²) in [5.41, 5.74) is 0.181. The Hall–Kier alpha value is -0.550. The molecular formula is C13H21NO3S. The van der Waals surface area contributed by atoms with Gasteiger partial charge in [-0.1, -0.05) is 18.2 Å². The van der Waals surface area contributed by atoms with Gasteiger partial charge >= 0.3 is 0 Å². The van der Waals surface area contributed by atoms with Crippen molar-refractivity contribution in [3.05, 3.63) is 0 Å². The molecule has 4 nitrogen and oxygen atoms in total. The minimum atomic E-state index is 0.102. The highest BCUT2D eigenvalue weighted by atomic mass is 32.2. The Morgan fingerprint density at radius 1 is 1.56 bits per heavy atom. The average molecular weight is 271 g/mol. The van der Waals surface area contributed by atoms with Crippen molar-refractivity contribution < 1.29 is 14.3 Å². The normalized spacial score (nSPS) is 26.2. The van der Waals surface area contributed by atoms with Crippen molar-refractivity contribution >= 4 is 22.8 Å². The van der Waals surface area contributed by atoms with Crippen LogP contribution in [-0.2, 0) is 14.3 Å². The average Bonchev–Trinajstić information content (AvgIpc) is 2.55. The summed E-state index contributed by atoms with van der Waals surface area (Å²) in [6, 6.07) is 0. The summed E-state index contributed by atoms with van der Waals surface area (Å²) in [7, 11) is 1.72. The maximum absolute atomic E-state index is 11.9. The van der Waals surface area contributed by atoms with Crippen LogP contribution in [0.25, 0.3) is 0 Å². The summed E-state index contributed by atoms with van der Waals surface area (Å²) in [6.07, 6.45) is 4.04. The van der Waals surface area contributed by atoms with E-state index in [4.69, 9.17) is 4.74 Å². The first-order valence-electron chi connectivity index (χ1n) is 6.49. The van der Waals surface area contributed by atoms with E-state index in [1.54, 1.807) is 14.0 Å². The van der Waals surface area contributed by atoms with Crippen LogP contribution in [0.3, 0.4) is 0 Å². The Labute approximate surface area is 112 Å². The van der Waals surface area contributed by atoms with Gasteiger partial charge in [0.15, 0.2) is 5.12 Å². The fourth-order valence-electron chi connectivity index (χ4n) is 2.94. The maximum atomic E-state index is 11.9. The van der Waals surface area contributed by atoms with E-state index in [0.717, 1.165) is 26.0 Å². The maximum Gasteiger partial charge on any atom is 0.223 e. The van der Waals surface area contributed by atoms with Crippen molar-refractivity contribution in [2.24, 2.45) is 5.41 Å². The molecule has 18 heavy (non-hydrogen) atoms. The van der Waals surface area contributed by atoms with Crippen LogP contribution >= 0.6 is 11.8 Å². The van der Waals surface area contributed by atoms with E-state index < -0.39 is 0 Å². The van der Waals surface area contributed by atoms with E-state index in [0.29, 0.717) is 13.0 Å². The quantitative estimate of drug-likeness (QED) is 0.763. The van der Waals surface area contributed by atoms with Crippen LogP contribution in [-0.4, -0.2) is 48.0 Å². The molecule has 1 atom stereocenters. The highest BCUT2D eigenvalue weighted by Crippen LogP contribution is 2.42. The number of likely N-dealkylation sites (tertiary alicyclic amines) is 1. The van der Waals surface area contributed by atoms with Crippen molar-refractivity contribution in [1.82, 2.24) is 4.90 Å². The van der Waals surface area contributed by atoms with E-state index >= 15 is 0 Å². The van der Waals surface area contributed by atoms with E-state index in [9.17, 15) is 9.59 Å². The second-order valence-corrected chi connectivity index (χ2v) is 6.97. The zero-order valence-corrected chi connectivity index (χ0v) is 11.9. The molecular weight excluding hydrogens is 250 g/mol. The second-order valence-electron chi connectivity index (χ2n) is 5.50. The third-order valence-electron chi connectivity index (χ3n) is 3.90. The molecule has 1 saturated carbocycles. The first-order valence-corrected chi connectivity index (χ1v) is 7.36. The number of methoxy groups -OCH3 is 1. The van der Waals surface area contributed by atoms with Gasteiger partial charge in [0.2, 0.25) is 5.91 Å². The summed E-state index contributed by atoms with van der Waals surface area (Å²) in [5.74, 6) is 0.191. The Bertz CT molecular complexity index is 341. The molecule has 0 aromatic heterocycles. The van der Waals surface area contributed by atoms with Crippen molar-refractivity contribution in [2.75, 3.05) is 26.8 Å². The number of amides is 1. The second kappa shape index (κ2) is 5.61. The molecule has 1 heterocycles. The van der Waals surface area contributed by atoms with E-state index in [1.807, 2.05) is 4.90 Å². The lowest BCUT2D eigenvalue weighted by atomic mass is 9.69. The van der Waals surface area contributed by atoms with Gasteiger partial charge < -0.3 is 9.64 Å². The molecule has 5 heteroatoms. The van der Waals surface area contributed by atoms with Gasteiger partial charge in [-0.05, 0) is 12.8 Å². The lowest BCUT2D eigenvalue weighted by molar-refractivity contribution is -0.131. The van der Waals surface area contributed by atoms with Gasteiger partial charge in [0.05, 0.1) is 6.61 Å². The first-order chi connectivity index (χ1) is 8.54. The number of nitrogens with zero attached hydrogens (tertiary/aromatic N) is 1. The Morgan fingerprint density at radius 2 is 2.28 bits per heavy atom. The van der Waals surface area contributed by atoms with Crippen molar-refractivity contribution in [2.45, 2.75) is 37.9 Å². The molecule has 2 fully saturated rings. The summed E-state index contributed by atoms with van der Waals surface area (Å²) in [5, 5.41) is 0.250. The van der Waals surface area contributed by atoms with Crippen LogP contribution in [0, 0.1) is 5.41 Å². The van der Waals surface area contributed by atoms with Gasteiger partial charge in [-0.3, -0.25) is 9.59 Å². The number of carbonyl (C=O) groups is 2. The topological polar surface area (TPSA) is 46.6 Å². The van der Waals surface area contributed by atoms with Gasteiger partial charge in [0.1, 0.15) is 0 Å². The molecule has 1 aliphatic heterocycles. The number of hydrogen-bond acceptors (Lipinski definition) is 4. The Morgan fingerprint density at radius 3 is 2.78 bits per heavy atom. The monoisotopic (exact) mass is 271 g/mol. The third kappa shape index (κ3) is 3.06. The molecule has 0 bridgehead atoms. The number of hydrogen-bond donors (Lipinski definition) is 0. The number of carbonyl (C=O) groups excluding carboxylic acids is 2. The van der Waals surface area contributed by atoms with Gasteiger partial charge in [-0.2, -0.15) is 0 Å². The van der Waals surface area contributed by atoms with Crippen molar-refractivity contribution in [3.8, 4) is 0 Å². The molecule has 1 amide bonds. The van der Waals surface area contributed by atoms with Crippen molar-refractivity contribution in [3.63, 3.8) is 0 Å². The predicted molar refractivity (Wildman–Crippen MR) is 71.4 cm³/mol. The van der Waals surface area contributed by atoms with E-state index in [1.165, 1.54) is 18.2 Å². The highest BCUT2D eigenvalue weighted by Gasteiger charge is 2.42. The fraction of sp³-hybridized carbons (Fsp3) is 0.846. The zero-order chi connectivity index (χ0) is 13.2. The first kappa shape index (κ1) is 13.9. The van der Waals surface area contributed by atoms with Crippen LogP contribution in [0.1, 0.15) is 32.6 Å². The van der Waals surface area contributed by atoms with Crippen LogP contribution in [0.2, 0.25) is 0 Å². The minimum absolute atomic E-state index is 0.102. The lowest BCUT2D eigenvalue weighted by Crippen LogP contribution is -2.45. The number of rotatable bonds is 5.